The largest absolute Gasteiger partial charge is 0.459 e. The molecule has 10 nitrogen and oxygen atoms in total. The smallest absolute Gasteiger partial charge is 0.338 e. The van der Waals surface area contributed by atoms with Crippen LogP contribution in [0.3, 0.4) is 0 Å². The van der Waals surface area contributed by atoms with Gasteiger partial charge in [0.2, 0.25) is 0 Å². The predicted octanol–water partition coefficient (Wildman–Crippen LogP) is 0.619. The fraction of sp³-hybridized carbons (Fsp3) is 0.500. The Morgan fingerprint density at radius 2 is 1.34 bits per heavy atom. The van der Waals surface area contributed by atoms with E-state index >= 15 is 0 Å². The number of fused-ring (bicyclic) bond motifs is 1. The Labute approximate surface area is 220 Å². The second kappa shape index (κ2) is 9.71. The lowest BCUT2D eigenvalue weighted by Crippen LogP contribution is -2.99. The van der Waals surface area contributed by atoms with Crippen LogP contribution in [0.4, 0.5) is 0 Å². The van der Waals surface area contributed by atoms with E-state index in [-0.39, 0.29) is 28.4 Å². The number of benzene rings is 2. The molecule has 4 rings (SSSR count). The van der Waals surface area contributed by atoms with Crippen LogP contribution in [0, 0.1) is 0 Å². The zero-order valence-electron chi connectivity index (χ0n) is 21.6. The maximum Gasteiger partial charge on any atom is 0.338 e. The van der Waals surface area contributed by atoms with Crippen molar-refractivity contribution in [2.45, 2.75) is 80.7 Å². The SMILES string of the molecule is CC(C)OC(=O)c1cccc(C2C(O)[C@@]3(O)C(c4cccc(C(=O)OC(C)C)c4)[C@@](O)([C@H](O)CO)[C@@]23O)c1. The van der Waals surface area contributed by atoms with E-state index in [4.69, 9.17) is 9.47 Å². The Morgan fingerprint density at radius 3 is 1.82 bits per heavy atom. The van der Waals surface area contributed by atoms with E-state index in [9.17, 15) is 40.2 Å². The predicted molar refractivity (Wildman–Crippen MR) is 133 cm³/mol. The summed E-state index contributed by atoms with van der Waals surface area (Å²) in [5.41, 5.74) is -6.87. The molecule has 0 aliphatic heterocycles. The normalized spacial score (nSPS) is 32.7. The van der Waals surface area contributed by atoms with E-state index in [0.29, 0.717) is 0 Å². The van der Waals surface area contributed by atoms with Crippen LogP contribution in [0.25, 0.3) is 0 Å². The van der Waals surface area contributed by atoms with Crippen molar-refractivity contribution in [1.82, 2.24) is 0 Å². The Morgan fingerprint density at radius 1 is 0.868 bits per heavy atom. The molecule has 38 heavy (non-hydrogen) atoms. The molecule has 0 saturated heterocycles. The first kappa shape index (κ1) is 28.2. The lowest BCUT2D eigenvalue weighted by atomic mass is 9.30. The van der Waals surface area contributed by atoms with Crippen molar-refractivity contribution in [3.8, 4) is 0 Å². The summed E-state index contributed by atoms with van der Waals surface area (Å²) in [6.07, 6.45) is -4.37. The summed E-state index contributed by atoms with van der Waals surface area (Å²) in [7, 11) is 0. The Hall–Kier alpha value is -2.86. The van der Waals surface area contributed by atoms with Crippen LogP contribution in [0.15, 0.2) is 48.5 Å². The summed E-state index contributed by atoms with van der Waals surface area (Å²) in [6, 6.07) is 11.6. The fourth-order valence-electron chi connectivity index (χ4n) is 6.09. The van der Waals surface area contributed by atoms with Crippen molar-refractivity contribution < 1.29 is 49.7 Å². The molecule has 2 fully saturated rings. The van der Waals surface area contributed by atoms with E-state index in [1.54, 1.807) is 27.7 Å². The summed E-state index contributed by atoms with van der Waals surface area (Å²) >= 11 is 0. The van der Waals surface area contributed by atoms with Gasteiger partial charge in [-0.3, -0.25) is 0 Å². The van der Waals surface area contributed by atoms with Gasteiger partial charge in [-0.15, -0.1) is 0 Å². The molecule has 0 radical (unpaired) electrons. The first-order valence-corrected chi connectivity index (χ1v) is 12.5. The van der Waals surface area contributed by atoms with Crippen molar-refractivity contribution in [1.29, 1.82) is 0 Å². The Balaban J connectivity index is 1.77. The molecule has 0 heterocycles. The van der Waals surface area contributed by atoms with E-state index in [1.807, 2.05) is 0 Å². The highest BCUT2D eigenvalue weighted by Gasteiger charge is 2.93. The summed E-state index contributed by atoms with van der Waals surface area (Å²) in [6.45, 7) is 5.75. The number of carbonyl (C=O) groups excluding carboxylic acids is 2. The van der Waals surface area contributed by atoms with E-state index < -0.39 is 65.5 Å². The number of carbonyl (C=O) groups is 2. The molecule has 0 bridgehead atoms. The molecule has 10 heteroatoms. The molecule has 0 aromatic heterocycles. The highest BCUT2D eigenvalue weighted by molar-refractivity contribution is 5.90. The topological polar surface area (TPSA) is 174 Å². The molecule has 0 amide bonds. The van der Waals surface area contributed by atoms with Gasteiger partial charge < -0.3 is 40.1 Å². The molecule has 2 aliphatic rings. The molecule has 2 aromatic rings. The minimum atomic E-state index is -2.55. The second-order valence-electron chi connectivity index (χ2n) is 10.6. The van der Waals surface area contributed by atoms with Gasteiger partial charge in [0.25, 0.3) is 0 Å². The molecular weight excluding hydrogens is 496 g/mol. The van der Waals surface area contributed by atoms with E-state index in [0.717, 1.165) is 0 Å². The van der Waals surface area contributed by atoms with Crippen LogP contribution < -0.4 is 0 Å². The van der Waals surface area contributed by atoms with Gasteiger partial charge >= 0.3 is 11.9 Å². The van der Waals surface area contributed by atoms with Gasteiger partial charge in [-0.1, -0.05) is 24.3 Å². The Bertz CT molecular complexity index is 1230. The van der Waals surface area contributed by atoms with Gasteiger partial charge in [0.05, 0.1) is 42.0 Å². The third kappa shape index (κ3) is 3.78. The monoisotopic (exact) mass is 530 g/mol. The molecule has 7 atom stereocenters. The number of hydrogen-bond acceptors (Lipinski definition) is 10. The number of esters is 2. The summed E-state index contributed by atoms with van der Waals surface area (Å²) in [5.74, 6) is -4.13. The van der Waals surface area contributed by atoms with E-state index in [1.165, 1.54) is 48.5 Å². The zero-order valence-corrected chi connectivity index (χ0v) is 21.6. The van der Waals surface area contributed by atoms with Crippen molar-refractivity contribution >= 4 is 11.9 Å². The van der Waals surface area contributed by atoms with Crippen molar-refractivity contribution in [3.05, 3.63) is 70.8 Å². The van der Waals surface area contributed by atoms with Crippen molar-refractivity contribution in [2.24, 2.45) is 0 Å². The van der Waals surface area contributed by atoms with Gasteiger partial charge in [0, 0.05) is 5.92 Å². The standard InChI is InChI=1S/C28H34O10/c1-14(2)37-24(32)18-9-5-7-16(11-18)21-23(31)27(35)22(26(34,20(30)13-29)28(21,27)36)17-8-6-10-19(12-17)25(33)38-15(3)4/h5-12,14-15,20-23,29-31,34-36H,13H2,1-4H3/t20-,21?,22?,23?,26+,27+,28+/m1/s1. The van der Waals surface area contributed by atoms with E-state index in [2.05, 4.69) is 0 Å². The van der Waals surface area contributed by atoms with Gasteiger partial charge in [0.15, 0.2) is 0 Å². The molecule has 2 aromatic carbocycles. The molecule has 3 unspecified atom stereocenters. The molecular formula is C28H34O10. The third-order valence-corrected chi connectivity index (χ3v) is 7.62. The second-order valence-corrected chi connectivity index (χ2v) is 10.6. The molecule has 2 saturated carbocycles. The number of aliphatic hydroxyl groups is 6. The van der Waals surface area contributed by atoms with Crippen LogP contribution in [-0.4, -0.2) is 90.4 Å². The number of ether oxygens (including phenoxy) is 2. The summed E-state index contributed by atoms with van der Waals surface area (Å²) < 4.78 is 10.4. The third-order valence-electron chi connectivity index (χ3n) is 7.62. The van der Waals surface area contributed by atoms with Crippen molar-refractivity contribution in [2.75, 3.05) is 6.61 Å². The average Bonchev–Trinajstić information content (AvgIpc) is 2.87. The maximum absolute atomic E-state index is 12.5. The minimum absolute atomic E-state index is 0.0952. The van der Waals surface area contributed by atoms with Gasteiger partial charge in [-0.2, -0.15) is 0 Å². The van der Waals surface area contributed by atoms with Crippen LogP contribution in [0.1, 0.15) is 71.4 Å². The highest BCUT2D eigenvalue weighted by Crippen LogP contribution is 2.75. The van der Waals surface area contributed by atoms with Crippen LogP contribution in [0.5, 0.6) is 0 Å². The number of aliphatic hydroxyl groups excluding tert-OH is 3. The molecule has 0 spiro atoms. The quantitative estimate of drug-likeness (QED) is 0.266. The number of rotatable bonds is 8. The van der Waals surface area contributed by atoms with Crippen LogP contribution >= 0.6 is 0 Å². The van der Waals surface area contributed by atoms with Gasteiger partial charge in [0.1, 0.15) is 22.9 Å². The molecule has 206 valence electrons. The van der Waals surface area contributed by atoms with Crippen LogP contribution in [0.2, 0.25) is 0 Å². The zero-order chi connectivity index (χ0) is 28.2. The summed E-state index contributed by atoms with van der Waals surface area (Å²) in [5, 5.41) is 66.9. The highest BCUT2D eigenvalue weighted by atomic mass is 16.5. The lowest BCUT2D eigenvalue weighted by molar-refractivity contribution is -0.459. The number of hydrogen-bond donors (Lipinski definition) is 6. The Kier molecular flexibility index (Phi) is 7.19. The van der Waals surface area contributed by atoms with Crippen LogP contribution in [-0.2, 0) is 9.47 Å². The van der Waals surface area contributed by atoms with Gasteiger partial charge in [-0.05, 0) is 63.1 Å². The molecule has 6 N–H and O–H groups in total. The van der Waals surface area contributed by atoms with Crippen molar-refractivity contribution in [3.63, 3.8) is 0 Å². The fourth-order valence-corrected chi connectivity index (χ4v) is 6.09. The lowest BCUT2D eigenvalue weighted by Gasteiger charge is -2.80. The minimum Gasteiger partial charge on any atom is -0.459 e. The first-order valence-electron chi connectivity index (χ1n) is 12.5. The average molecular weight is 531 g/mol. The summed E-state index contributed by atoms with van der Waals surface area (Å²) in [4.78, 5) is 24.9. The van der Waals surface area contributed by atoms with Gasteiger partial charge in [-0.25, -0.2) is 9.59 Å². The molecule has 2 aliphatic carbocycles. The first-order chi connectivity index (χ1) is 17.7. The maximum atomic E-state index is 12.5.